The van der Waals surface area contributed by atoms with Crippen molar-refractivity contribution >= 4 is 23.2 Å². The molecule has 1 saturated heterocycles. The largest absolute Gasteiger partial charge is 0.336 e. The van der Waals surface area contributed by atoms with Crippen LogP contribution in [-0.2, 0) is 5.54 Å². The molecule has 3 heterocycles. The average molecular weight is 364 g/mol. The third kappa shape index (κ3) is 2.51. The molecule has 0 spiro atoms. The molecule has 0 saturated carbocycles. The molecule has 0 unspecified atom stereocenters. The molecule has 0 amide bonds. The smallest absolute Gasteiger partial charge is 0.255 e. The standard InChI is InChI=1S/C16H15Cl2N5O/c17-11-3-1-4-12(18)13(11)14-21-15(24-22-14)16(5-8-19-9-6-16)23-10-2-7-20-23/h1-4,7,10,19H,5-6,8-9H2. The maximum atomic E-state index is 6.26. The van der Waals surface area contributed by atoms with Crippen LogP contribution in [0.3, 0.4) is 0 Å². The van der Waals surface area contributed by atoms with E-state index in [1.165, 1.54) is 0 Å². The van der Waals surface area contributed by atoms with Crippen molar-refractivity contribution in [1.82, 2.24) is 25.2 Å². The maximum Gasteiger partial charge on any atom is 0.255 e. The average Bonchev–Trinajstić information content (AvgIpc) is 3.28. The van der Waals surface area contributed by atoms with E-state index in [0.29, 0.717) is 27.3 Å². The number of piperidine rings is 1. The van der Waals surface area contributed by atoms with Gasteiger partial charge in [0.25, 0.3) is 5.89 Å². The Labute approximate surface area is 148 Å². The molecule has 6 nitrogen and oxygen atoms in total. The van der Waals surface area contributed by atoms with Gasteiger partial charge in [0.2, 0.25) is 5.82 Å². The molecule has 3 aromatic rings. The van der Waals surface area contributed by atoms with Gasteiger partial charge in [0.05, 0.1) is 15.6 Å². The molecule has 4 rings (SSSR count). The highest BCUT2D eigenvalue weighted by Crippen LogP contribution is 2.37. The highest BCUT2D eigenvalue weighted by Gasteiger charge is 2.42. The van der Waals surface area contributed by atoms with Gasteiger partial charge in [-0.1, -0.05) is 34.4 Å². The van der Waals surface area contributed by atoms with E-state index >= 15 is 0 Å². The predicted octanol–water partition coefficient (Wildman–Crippen LogP) is 3.37. The molecule has 0 bridgehead atoms. The molecule has 0 radical (unpaired) electrons. The molecule has 0 aliphatic carbocycles. The predicted molar refractivity (Wildman–Crippen MR) is 91.2 cm³/mol. The molecule has 24 heavy (non-hydrogen) atoms. The molecule has 124 valence electrons. The number of aromatic nitrogens is 4. The summed E-state index contributed by atoms with van der Waals surface area (Å²) in [6.45, 7) is 1.70. The van der Waals surface area contributed by atoms with Crippen LogP contribution in [0.1, 0.15) is 18.7 Å². The number of benzene rings is 1. The van der Waals surface area contributed by atoms with Crippen molar-refractivity contribution in [2.45, 2.75) is 18.4 Å². The zero-order valence-corrected chi connectivity index (χ0v) is 14.3. The fourth-order valence-electron chi connectivity index (χ4n) is 3.13. The lowest BCUT2D eigenvalue weighted by atomic mass is 9.88. The van der Waals surface area contributed by atoms with Gasteiger partial charge in [-0.25, -0.2) is 0 Å². The molecule has 0 atom stereocenters. The zero-order valence-electron chi connectivity index (χ0n) is 12.7. The van der Waals surface area contributed by atoms with Crippen molar-refractivity contribution in [2.75, 3.05) is 13.1 Å². The van der Waals surface area contributed by atoms with Crippen LogP contribution < -0.4 is 5.32 Å². The molecule has 1 aromatic carbocycles. The van der Waals surface area contributed by atoms with Gasteiger partial charge in [-0.05, 0) is 44.1 Å². The van der Waals surface area contributed by atoms with Crippen molar-refractivity contribution in [3.8, 4) is 11.4 Å². The van der Waals surface area contributed by atoms with Crippen molar-refractivity contribution < 1.29 is 4.52 Å². The minimum Gasteiger partial charge on any atom is -0.336 e. The van der Waals surface area contributed by atoms with Gasteiger partial charge in [-0.2, -0.15) is 10.1 Å². The fraction of sp³-hybridized carbons (Fsp3) is 0.312. The summed E-state index contributed by atoms with van der Waals surface area (Å²) in [7, 11) is 0. The monoisotopic (exact) mass is 363 g/mol. The van der Waals surface area contributed by atoms with Crippen LogP contribution in [0.5, 0.6) is 0 Å². The lowest BCUT2D eigenvalue weighted by Gasteiger charge is -2.34. The van der Waals surface area contributed by atoms with Gasteiger partial charge in [0.1, 0.15) is 5.54 Å². The minimum atomic E-state index is -0.451. The fourth-order valence-corrected chi connectivity index (χ4v) is 3.70. The SMILES string of the molecule is Clc1cccc(Cl)c1-c1noc(C2(n3cccn3)CCNCC2)n1. The van der Waals surface area contributed by atoms with E-state index in [2.05, 4.69) is 20.6 Å². The molecule has 1 aliphatic heterocycles. The molecule has 8 heteroatoms. The third-order valence-corrected chi connectivity index (χ3v) is 5.01. The molecule has 1 aliphatic rings. The summed E-state index contributed by atoms with van der Waals surface area (Å²) in [5.41, 5.74) is 0.133. The number of nitrogens with one attached hydrogen (secondary N) is 1. The first-order valence-corrected chi connectivity index (χ1v) is 8.46. The van der Waals surface area contributed by atoms with Crippen LogP contribution in [0.4, 0.5) is 0 Å². The number of rotatable bonds is 3. The first-order valence-electron chi connectivity index (χ1n) is 7.70. The van der Waals surface area contributed by atoms with Crippen LogP contribution in [0.2, 0.25) is 10.0 Å². The van der Waals surface area contributed by atoms with E-state index in [4.69, 9.17) is 27.7 Å². The Hall–Kier alpha value is -1.89. The van der Waals surface area contributed by atoms with Crippen LogP contribution in [0, 0.1) is 0 Å². The van der Waals surface area contributed by atoms with E-state index in [0.717, 1.165) is 25.9 Å². The lowest BCUT2D eigenvalue weighted by molar-refractivity contribution is 0.172. The third-order valence-electron chi connectivity index (χ3n) is 4.38. The normalized spacial score (nSPS) is 17.1. The van der Waals surface area contributed by atoms with E-state index in [9.17, 15) is 0 Å². The second kappa shape index (κ2) is 6.20. The Kier molecular flexibility index (Phi) is 4.04. The molecule has 1 fully saturated rings. The topological polar surface area (TPSA) is 68.8 Å². The highest BCUT2D eigenvalue weighted by atomic mass is 35.5. The van der Waals surface area contributed by atoms with E-state index in [1.807, 2.05) is 16.9 Å². The van der Waals surface area contributed by atoms with Crippen molar-refractivity contribution in [3.05, 3.63) is 52.6 Å². The summed E-state index contributed by atoms with van der Waals surface area (Å²) < 4.78 is 7.53. The van der Waals surface area contributed by atoms with Crippen molar-refractivity contribution in [3.63, 3.8) is 0 Å². The Balaban J connectivity index is 1.80. The molecular weight excluding hydrogens is 349 g/mol. The summed E-state index contributed by atoms with van der Waals surface area (Å²) in [6, 6.07) is 7.19. The van der Waals surface area contributed by atoms with Crippen molar-refractivity contribution in [2.24, 2.45) is 0 Å². The summed E-state index contributed by atoms with van der Waals surface area (Å²) in [5.74, 6) is 0.921. The summed E-state index contributed by atoms with van der Waals surface area (Å²) >= 11 is 12.5. The zero-order chi connectivity index (χ0) is 16.6. The molecule has 1 N–H and O–H groups in total. The first-order chi connectivity index (χ1) is 11.7. The number of hydrogen-bond acceptors (Lipinski definition) is 5. The van der Waals surface area contributed by atoms with Gasteiger partial charge >= 0.3 is 0 Å². The van der Waals surface area contributed by atoms with E-state index in [-0.39, 0.29) is 0 Å². The van der Waals surface area contributed by atoms with Crippen LogP contribution in [-0.4, -0.2) is 33.0 Å². The van der Waals surface area contributed by atoms with Gasteiger partial charge < -0.3 is 9.84 Å². The van der Waals surface area contributed by atoms with E-state index < -0.39 is 5.54 Å². The minimum absolute atomic E-state index is 0.394. The quantitative estimate of drug-likeness (QED) is 0.772. The Bertz CT molecular complexity index is 820. The number of nitrogens with zero attached hydrogens (tertiary/aromatic N) is 4. The van der Waals surface area contributed by atoms with Crippen LogP contribution in [0.25, 0.3) is 11.4 Å². The second-order valence-electron chi connectivity index (χ2n) is 5.75. The van der Waals surface area contributed by atoms with Gasteiger partial charge in [-0.3, -0.25) is 4.68 Å². The summed E-state index contributed by atoms with van der Waals surface area (Å²) in [4.78, 5) is 4.62. The lowest BCUT2D eigenvalue weighted by Crippen LogP contribution is -2.45. The summed E-state index contributed by atoms with van der Waals surface area (Å²) in [6.07, 6.45) is 5.31. The van der Waals surface area contributed by atoms with Crippen LogP contribution >= 0.6 is 23.2 Å². The van der Waals surface area contributed by atoms with Crippen LogP contribution in [0.15, 0.2) is 41.2 Å². The molecule has 2 aromatic heterocycles. The number of halogens is 2. The maximum absolute atomic E-state index is 6.26. The Morgan fingerprint density at radius 3 is 2.54 bits per heavy atom. The first kappa shape index (κ1) is 15.6. The van der Waals surface area contributed by atoms with Gasteiger partial charge in [-0.15, -0.1) is 0 Å². The Morgan fingerprint density at radius 1 is 1.12 bits per heavy atom. The summed E-state index contributed by atoms with van der Waals surface area (Å²) in [5, 5.41) is 12.9. The van der Waals surface area contributed by atoms with Gasteiger partial charge in [0.15, 0.2) is 0 Å². The Morgan fingerprint density at radius 2 is 1.88 bits per heavy atom. The number of hydrogen-bond donors (Lipinski definition) is 1. The van der Waals surface area contributed by atoms with Crippen molar-refractivity contribution in [1.29, 1.82) is 0 Å². The van der Waals surface area contributed by atoms with E-state index in [1.54, 1.807) is 24.4 Å². The second-order valence-corrected chi connectivity index (χ2v) is 6.57. The molecular formula is C16H15Cl2N5O. The highest BCUT2D eigenvalue weighted by molar-refractivity contribution is 6.38. The van der Waals surface area contributed by atoms with Gasteiger partial charge in [0, 0.05) is 12.4 Å².